The standard InChI is InChI=1S/C20H23NO4/c1-24-17-7-6-13(10-18(17)25-14-4-2-3-5-14)20(11-21)15-8-12(19(22)23)9-16(15)20/h6-7,10,12,14-16H,2-5,8-9H2,1H3,(H,22,23). The number of fused-ring (bicyclic) bond motifs is 1. The fraction of sp³-hybridized carbons (Fsp3) is 0.600. The van der Waals surface area contributed by atoms with Crippen molar-refractivity contribution in [1.82, 2.24) is 0 Å². The molecule has 0 heterocycles. The molecule has 4 rings (SSSR count). The summed E-state index contributed by atoms with van der Waals surface area (Å²) in [6.45, 7) is 0. The number of nitrogens with zero attached hydrogens (tertiary/aromatic N) is 1. The van der Waals surface area contributed by atoms with Crippen LogP contribution in [0.1, 0.15) is 44.1 Å². The van der Waals surface area contributed by atoms with Crippen LogP contribution in [0, 0.1) is 29.1 Å². The van der Waals surface area contributed by atoms with E-state index in [9.17, 15) is 15.2 Å². The summed E-state index contributed by atoms with van der Waals surface area (Å²) in [6, 6.07) is 8.27. The number of rotatable bonds is 5. The van der Waals surface area contributed by atoms with Gasteiger partial charge in [-0.1, -0.05) is 6.07 Å². The van der Waals surface area contributed by atoms with Crippen molar-refractivity contribution < 1.29 is 19.4 Å². The number of hydrogen-bond acceptors (Lipinski definition) is 4. The van der Waals surface area contributed by atoms with Gasteiger partial charge in [0.2, 0.25) is 0 Å². The zero-order chi connectivity index (χ0) is 17.6. The van der Waals surface area contributed by atoms with Gasteiger partial charge in [0.05, 0.1) is 30.6 Å². The van der Waals surface area contributed by atoms with Crippen LogP contribution in [0.15, 0.2) is 18.2 Å². The highest BCUT2D eigenvalue weighted by molar-refractivity contribution is 5.71. The predicted molar refractivity (Wildman–Crippen MR) is 90.5 cm³/mol. The second-order valence-corrected chi connectivity index (χ2v) is 7.59. The molecule has 3 saturated carbocycles. The predicted octanol–water partition coefficient (Wildman–Crippen LogP) is 3.52. The summed E-state index contributed by atoms with van der Waals surface area (Å²) in [6.07, 6.45) is 5.91. The zero-order valence-corrected chi connectivity index (χ0v) is 14.4. The molecule has 0 spiro atoms. The molecule has 0 bridgehead atoms. The summed E-state index contributed by atoms with van der Waals surface area (Å²) < 4.78 is 11.6. The molecule has 1 aromatic rings. The fourth-order valence-corrected chi connectivity index (χ4v) is 5.02. The van der Waals surface area contributed by atoms with Gasteiger partial charge in [-0.15, -0.1) is 0 Å². The van der Waals surface area contributed by atoms with Crippen LogP contribution in [-0.2, 0) is 10.2 Å². The van der Waals surface area contributed by atoms with E-state index in [0.717, 1.165) is 18.4 Å². The van der Waals surface area contributed by atoms with Crippen LogP contribution in [0.2, 0.25) is 0 Å². The Hall–Kier alpha value is -2.22. The minimum atomic E-state index is -0.737. The molecule has 5 nitrogen and oxygen atoms in total. The van der Waals surface area contributed by atoms with Crippen molar-refractivity contribution in [3.8, 4) is 17.6 Å². The van der Waals surface area contributed by atoms with E-state index in [0.29, 0.717) is 24.3 Å². The van der Waals surface area contributed by atoms with Gasteiger partial charge in [0.25, 0.3) is 0 Å². The summed E-state index contributed by atoms with van der Waals surface area (Å²) in [5.74, 6) is 0.653. The van der Waals surface area contributed by atoms with Crippen LogP contribution in [0.25, 0.3) is 0 Å². The highest BCUT2D eigenvalue weighted by Gasteiger charge is 2.70. The molecule has 3 fully saturated rings. The minimum Gasteiger partial charge on any atom is -0.493 e. The fourth-order valence-electron chi connectivity index (χ4n) is 5.02. The third-order valence-corrected chi connectivity index (χ3v) is 6.39. The van der Waals surface area contributed by atoms with Crippen LogP contribution in [0.3, 0.4) is 0 Å². The Bertz CT molecular complexity index is 720. The van der Waals surface area contributed by atoms with Crippen molar-refractivity contribution in [3.05, 3.63) is 23.8 Å². The van der Waals surface area contributed by atoms with E-state index >= 15 is 0 Å². The average molecular weight is 341 g/mol. The van der Waals surface area contributed by atoms with Gasteiger partial charge in [-0.25, -0.2) is 0 Å². The Labute approximate surface area is 147 Å². The normalized spacial score (nSPS) is 33.5. The van der Waals surface area contributed by atoms with Crippen LogP contribution in [-0.4, -0.2) is 24.3 Å². The first-order valence-corrected chi connectivity index (χ1v) is 9.09. The first kappa shape index (κ1) is 16.3. The number of methoxy groups -OCH3 is 1. The van der Waals surface area contributed by atoms with Crippen molar-refractivity contribution in [2.24, 2.45) is 17.8 Å². The summed E-state index contributed by atoms with van der Waals surface area (Å²) >= 11 is 0. The van der Waals surface area contributed by atoms with Crippen LogP contribution >= 0.6 is 0 Å². The second-order valence-electron chi connectivity index (χ2n) is 7.59. The highest BCUT2D eigenvalue weighted by Crippen LogP contribution is 2.69. The van der Waals surface area contributed by atoms with Gasteiger partial charge in [-0.2, -0.15) is 5.26 Å². The SMILES string of the molecule is COc1ccc(C2(C#N)C3CC(C(=O)O)CC32)cc1OC1CCCC1. The van der Waals surface area contributed by atoms with Gasteiger partial charge in [0.1, 0.15) is 0 Å². The number of hydrogen-bond donors (Lipinski definition) is 1. The maximum atomic E-state index is 11.2. The molecule has 0 aliphatic heterocycles. The number of carboxylic acids is 1. The maximum Gasteiger partial charge on any atom is 0.306 e. The molecular formula is C20H23NO4. The van der Waals surface area contributed by atoms with Crippen molar-refractivity contribution in [2.45, 2.75) is 50.0 Å². The quantitative estimate of drug-likeness (QED) is 0.886. The Morgan fingerprint density at radius 2 is 1.92 bits per heavy atom. The molecule has 2 atom stereocenters. The van der Waals surface area contributed by atoms with Crippen molar-refractivity contribution in [1.29, 1.82) is 5.26 Å². The van der Waals surface area contributed by atoms with Gasteiger partial charge >= 0.3 is 5.97 Å². The first-order chi connectivity index (χ1) is 12.1. The van der Waals surface area contributed by atoms with E-state index in [1.807, 2.05) is 18.2 Å². The summed E-state index contributed by atoms with van der Waals surface area (Å²) in [7, 11) is 1.62. The topological polar surface area (TPSA) is 79.5 Å². The first-order valence-electron chi connectivity index (χ1n) is 9.09. The molecule has 2 unspecified atom stereocenters. The van der Waals surface area contributed by atoms with Gasteiger partial charge in [0.15, 0.2) is 11.5 Å². The molecule has 1 N–H and O–H groups in total. The lowest BCUT2D eigenvalue weighted by Gasteiger charge is -2.20. The highest BCUT2D eigenvalue weighted by atomic mass is 16.5. The van der Waals surface area contributed by atoms with Crippen molar-refractivity contribution in [3.63, 3.8) is 0 Å². The van der Waals surface area contributed by atoms with Crippen LogP contribution < -0.4 is 9.47 Å². The molecule has 5 heteroatoms. The van der Waals surface area contributed by atoms with E-state index in [-0.39, 0.29) is 23.9 Å². The Kier molecular flexibility index (Phi) is 3.87. The van der Waals surface area contributed by atoms with Crippen LogP contribution in [0.5, 0.6) is 11.5 Å². The van der Waals surface area contributed by atoms with Gasteiger partial charge < -0.3 is 14.6 Å². The Morgan fingerprint density at radius 1 is 1.24 bits per heavy atom. The molecule has 0 saturated heterocycles. The number of benzene rings is 1. The summed E-state index contributed by atoms with van der Waals surface area (Å²) in [5.41, 5.74) is 0.397. The van der Waals surface area contributed by atoms with Crippen molar-refractivity contribution in [2.75, 3.05) is 7.11 Å². The van der Waals surface area contributed by atoms with Gasteiger partial charge in [0, 0.05) is 0 Å². The summed E-state index contributed by atoms with van der Waals surface area (Å²) in [4.78, 5) is 11.2. The molecular weight excluding hydrogens is 318 g/mol. The molecule has 3 aliphatic carbocycles. The summed E-state index contributed by atoms with van der Waals surface area (Å²) in [5, 5.41) is 19.1. The van der Waals surface area contributed by atoms with Crippen molar-refractivity contribution >= 4 is 5.97 Å². The van der Waals surface area contributed by atoms with E-state index in [1.54, 1.807) is 7.11 Å². The van der Waals surface area contributed by atoms with Gasteiger partial charge in [-0.05, 0) is 68.1 Å². The monoisotopic (exact) mass is 341 g/mol. The number of carbonyl (C=O) groups is 1. The lowest BCUT2D eigenvalue weighted by molar-refractivity contribution is -0.141. The molecule has 132 valence electrons. The molecule has 25 heavy (non-hydrogen) atoms. The lowest BCUT2D eigenvalue weighted by atomic mass is 9.85. The van der Waals surface area contributed by atoms with Crippen LogP contribution in [0.4, 0.5) is 0 Å². The number of carboxylic acid groups (broad SMARTS) is 1. The smallest absolute Gasteiger partial charge is 0.306 e. The molecule has 1 aromatic carbocycles. The average Bonchev–Trinajstić information content (AvgIpc) is 3.02. The van der Waals surface area contributed by atoms with E-state index in [2.05, 4.69) is 6.07 Å². The Balaban J connectivity index is 1.60. The van der Waals surface area contributed by atoms with Gasteiger partial charge in [-0.3, -0.25) is 4.79 Å². The number of aliphatic carboxylic acids is 1. The third-order valence-electron chi connectivity index (χ3n) is 6.39. The third kappa shape index (κ3) is 2.47. The largest absolute Gasteiger partial charge is 0.493 e. The molecule has 0 amide bonds. The molecule has 3 aliphatic rings. The van der Waals surface area contributed by atoms with E-state index < -0.39 is 11.4 Å². The zero-order valence-electron chi connectivity index (χ0n) is 14.4. The number of ether oxygens (including phenoxy) is 2. The molecule has 0 aromatic heterocycles. The Morgan fingerprint density at radius 3 is 2.48 bits per heavy atom. The maximum absolute atomic E-state index is 11.2. The minimum absolute atomic E-state index is 0.145. The molecule has 0 radical (unpaired) electrons. The number of nitriles is 1. The lowest BCUT2D eigenvalue weighted by Crippen LogP contribution is -2.20. The van der Waals surface area contributed by atoms with E-state index in [4.69, 9.17) is 9.47 Å². The second kappa shape index (κ2) is 5.94. The van der Waals surface area contributed by atoms with E-state index in [1.165, 1.54) is 12.8 Å².